The van der Waals surface area contributed by atoms with Crippen LogP contribution in [0.2, 0.25) is 0 Å². The fourth-order valence-electron chi connectivity index (χ4n) is 5.13. The Labute approximate surface area is 150 Å². The second-order valence-electron chi connectivity index (χ2n) is 8.60. The van der Waals surface area contributed by atoms with Crippen molar-refractivity contribution >= 4 is 5.91 Å². The summed E-state index contributed by atoms with van der Waals surface area (Å²) < 4.78 is 6.40. The molecule has 0 bridgehead atoms. The molecule has 3 unspecified atom stereocenters. The Kier molecular flexibility index (Phi) is 4.27. The van der Waals surface area contributed by atoms with E-state index in [1.54, 1.807) is 0 Å². The van der Waals surface area contributed by atoms with Crippen molar-refractivity contribution in [3.63, 3.8) is 0 Å². The van der Waals surface area contributed by atoms with E-state index in [4.69, 9.17) is 10.5 Å². The first kappa shape index (κ1) is 16.9. The third-order valence-corrected chi connectivity index (χ3v) is 6.60. The van der Waals surface area contributed by atoms with Crippen LogP contribution in [0.4, 0.5) is 0 Å². The number of nitrogens with two attached hydrogens (primary N) is 1. The van der Waals surface area contributed by atoms with E-state index in [0.717, 1.165) is 56.3 Å². The number of benzene rings is 1. The summed E-state index contributed by atoms with van der Waals surface area (Å²) >= 11 is 0. The molecule has 0 radical (unpaired) electrons. The van der Waals surface area contributed by atoms with Gasteiger partial charge in [-0.05, 0) is 51.5 Å². The second-order valence-corrected chi connectivity index (χ2v) is 8.60. The number of fused-ring (bicyclic) bond motifs is 1. The van der Waals surface area contributed by atoms with Gasteiger partial charge in [-0.2, -0.15) is 0 Å². The SMILES string of the molecule is CC1(N)CCCCC1C(=O)NC1CC2(CCCC2)Oc2ccccc21. The Bertz CT molecular complexity index is 649. The molecule has 4 heteroatoms. The lowest BCUT2D eigenvalue weighted by molar-refractivity contribution is -0.129. The van der Waals surface area contributed by atoms with E-state index >= 15 is 0 Å². The van der Waals surface area contributed by atoms with Crippen LogP contribution >= 0.6 is 0 Å². The lowest BCUT2D eigenvalue weighted by atomic mass is 9.74. The van der Waals surface area contributed by atoms with E-state index < -0.39 is 5.54 Å². The fourth-order valence-corrected chi connectivity index (χ4v) is 5.13. The summed E-state index contributed by atoms with van der Waals surface area (Å²) in [6, 6.07) is 8.21. The second kappa shape index (κ2) is 6.31. The number of nitrogens with one attached hydrogen (secondary N) is 1. The van der Waals surface area contributed by atoms with Crippen LogP contribution in [0.5, 0.6) is 5.75 Å². The van der Waals surface area contributed by atoms with Gasteiger partial charge in [-0.15, -0.1) is 0 Å². The van der Waals surface area contributed by atoms with Crippen molar-refractivity contribution in [3.8, 4) is 5.75 Å². The number of rotatable bonds is 2. The van der Waals surface area contributed by atoms with Crippen molar-refractivity contribution in [1.82, 2.24) is 5.32 Å². The fraction of sp³-hybridized carbons (Fsp3) is 0.667. The van der Waals surface area contributed by atoms with Gasteiger partial charge in [0, 0.05) is 17.5 Å². The Balaban J connectivity index is 1.57. The Hall–Kier alpha value is -1.55. The smallest absolute Gasteiger partial charge is 0.225 e. The van der Waals surface area contributed by atoms with Gasteiger partial charge in [0.05, 0.1) is 12.0 Å². The van der Waals surface area contributed by atoms with Crippen LogP contribution in [0.1, 0.15) is 76.3 Å². The predicted octanol–water partition coefficient (Wildman–Crippen LogP) is 3.85. The minimum Gasteiger partial charge on any atom is -0.487 e. The summed E-state index contributed by atoms with van der Waals surface area (Å²) in [4.78, 5) is 13.1. The van der Waals surface area contributed by atoms with Crippen LogP contribution in [0.25, 0.3) is 0 Å². The van der Waals surface area contributed by atoms with Crippen LogP contribution < -0.4 is 15.8 Å². The number of carbonyl (C=O) groups excluding carboxylic acids is 1. The number of amides is 1. The number of para-hydroxylation sites is 1. The van der Waals surface area contributed by atoms with Crippen molar-refractivity contribution in [2.75, 3.05) is 0 Å². The molecule has 3 atom stereocenters. The van der Waals surface area contributed by atoms with E-state index in [1.807, 2.05) is 25.1 Å². The van der Waals surface area contributed by atoms with Crippen LogP contribution in [0.3, 0.4) is 0 Å². The standard InChI is InChI=1S/C21H30N2O2/c1-20(22)11-5-4-9-16(20)19(24)23-17-14-21(12-6-7-13-21)25-18-10-3-2-8-15(17)18/h2-3,8,10,16-17H,4-7,9,11-14,22H2,1H3,(H,23,24). The summed E-state index contributed by atoms with van der Waals surface area (Å²) in [6.45, 7) is 2.03. The molecule has 25 heavy (non-hydrogen) atoms. The lowest BCUT2D eigenvalue weighted by Crippen LogP contribution is -2.54. The number of hydrogen-bond acceptors (Lipinski definition) is 3. The topological polar surface area (TPSA) is 64.4 Å². The zero-order chi connectivity index (χ0) is 17.5. The molecule has 0 aromatic heterocycles. The molecule has 1 amide bonds. The highest BCUT2D eigenvalue weighted by Gasteiger charge is 2.45. The summed E-state index contributed by atoms with van der Waals surface area (Å²) in [6.07, 6.45) is 9.54. The molecule has 2 aliphatic carbocycles. The normalized spacial score (nSPS) is 33.5. The van der Waals surface area contributed by atoms with Crippen molar-refractivity contribution in [3.05, 3.63) is 29.8 Å². The maximum Gasteiger partial charge on any atom is 0.225 e. The minimum absolute atomic E-state index is 0.0354. The highest BCUT2D eigenvalue weighted by molar-refractivity contribution is 5.80. The van der Waals surface area contributed by atoms with Crippen LogP contribution in [0.15, 0.2) is 24.3 Å². The number of hydrogen-bond donors (Lipinski definition) is 2. The molecule has 2 saturated carbocycles. The summed E-state index contributed by atoms with van der Waals surface area (Å²) in [5, 5.41) is 3.35. The van der Waals surface area contributed by atoms with Crippen molar-refractivity contribution < 1.29 is 9.53 Å². The van der Waals surface area contributed by atoms with E-state index in [-0.39, 0.29) is 23.5 Å². The maximum atomic E-state index is 13.1. The molecule has 4 rings (SSSR count). The van der Waals surface area contributed by atoms with Crippen molar-refractivity contribution in [2.45, 2.75) is 81.9 Å². The Morgan fingerprint density at radius 2 is 1.88 bits per heavy atom. The van der Waals surface area contributed by atoms with Gasteiger partial charge >= 0.3 is 0 Å². The van der Waals surface area contributed by atoms with Gasteiger partial charge in [-0.1, -0.05) is 31.0 Å². The van der Waals surface area contributed by atoms with E-state index in [1.165, 1.54) is 12.8 Å². The summed E-state index contributed by atoms with van der Waals surface area (Å²) in [5.74, 6) is 0.982. The third-order valence-electron chi connectivity index (χ3n) is 6.60. The molecular weight excluding hydrogens is 312 g/mol. The average Bonchev–Trinajstić information content (AvgIpc) is 3.01. The predicted molar refractivity (Wildman–Crippen MR) is 98.3 cm³/mol. The molecule has 3 aliphatic rings. The van der Waals surface area contributed by atoms with Gasteiger partial charge in [0.15, 0.2) is 0 Å². The van der Waals surface area contributed by atoms with Crippen molar-refractivity contribution in [1.29, 1.82) is 0 Å². The molecule has 1 aromatic rings. The van der Waals surface area contributed by atoms with Gasteiger partial charge in [-0.25, -0.2) is 0 Å². The molecule has 1 aromatic carbocycles. The number of ether oxygens (including phenoxy) is 1. The largest absolute Gasteiger partial charge is 0.487 e. The van der Waals surface area contributed by atoms with E-state index in [2.05, 4.69) is 11.4 Å². The van der Waals surface area contributed by atoms with Crippen LogP contribution in [-0.4, -0.2) is 17.0 Å². The molecule has 4 nitrogen and oxygen atoms in total. The maximum absolute atomic E-state index is 13.1. The first-order valence-corrected chi connectivity index (χ1v) is 9.86. The lowest BCUT2D eigenvalue weighted by Gasteiger charge is -2.42. The molecule has 1 heterocycles. The van der Waals surface area contributed by atoms with Gasteiger partial charge in [0.2, 0.25) is 5.91 Å². The summed E-state index contributed by atoms with van der Waals surface area (Å²) in [5.41, 5.74) is 7.08. The first-order valence-electron chi connectivity index (χ1n) is 9.86. The van der Waals surface area contributed by atoms with Crippen LogP contribution in [0, 0.1) is 5.92 Å². The third kappa shape index (κ3) is 3.17. The number of carbonyl (C=O) groups is 1. The summed E-state index contributed by atoms with van der Waals surface area (Å²) in [7, 11) is 0. The molecule has 136 valence electrons. The van der Waals surface area contributed by atoms with Crippen molar-refractivity contribution in [2.24, 2.45) is 11.7 Å². The van der Waals surface area contributed by atoms with Gasteiger partial charge < -0.3 is 15.8 Å². The molecular formula is C21H30N2O2. The highest BCUT2D eigenvalue weighted by Crippen LogP contribution is 2.47. The van der Waals surface area contributed by atoms with Crippen LogP contribution in [-0.2, 0) is 4.79 Å². The van der Waals surface area contributed by atoms with Gasteiger partial charge in [0.25, 0.3) is 0 Å². The minimum atomic E-state index is -0.391. The van der Waals surface area contributed by atoms with Gasteiger partial charge in [-0.3, -0.25) is 4.79 Å². The Morgan fingerprint density at radius 3 is 2.64 bits per heavy atom. The first-order chi connectivity index (χ1) is 12.0. The molecule has 1 aliphatic heterocycles. The van der Waals surface area contributed by atoms with E-state index in [0.29, 0.717) is 0 Å². The highest BCUT2D eigenvalue weighted by atomic mass is 16.5. The molecule has 1 spiro atoms. The zero-order valence-corrected chi connectivity index (χ0v) is 15.2. The Morgan fingerprint density at radius 1 is 1.16 bits per heavy atom. The monoisotopic (exact) mass is 342 g/mol. The van der Waals surface area contributed by atoms with Gasteiger partial charge in [0.1, 0.15) is 11.4 Å². The molecule has 3 N–H and O–H groups in total. The van der Waals surface area contributed by atoms with E-state index in [9.17, 15) is 4.79 Å². The molecule has 0 saturated heterocycles. The quantitative estimate of drug-likeness (QED) is 0.858. The average molecular weight is 342 g/mol. The zero-order valence-electron chi connectivity index (χ0n) is 15.2. The molecule has 2 fully saturated rings.